The summed E-state index contributed by atoms with van der Waals surface area (Å²) in [5.41, 5.74) is 1.16. The molecule has 0 unspecified atom stereocenters. The summed E-state index contributed by atoms with van der Waals surface area (Å²) < 4.78 is 21.3. The molecule has 0 spiro atoms. The minimum Gasteiger partial charge on any atom is -0.482 e. The number of nitrogens with one attached hydrogen (secondary N) is 1. The first kappa shape index (κ1) is 22.6. The van der Waals surface area contributed by atoms with Gasteiger partial charge in [0, 0.05) is 29.3 Å². The van der Waals surface area contributed by atoms with Crippen molar-refractivity contribution in [3.05, 3.63) is 94.8 Å². The Labute approximate surface area is 194 Å². The summed E-state index contributed by atoms with van der Waals surface area (Å²) in [7, 11) is 0. The molecule has 34 heavy (non-hydrogen) atoms. The van der Waals surface area contributed by atoms with Crippen molar-refractivity contribution in [1.29, 1.82) is 0 Å². The van der Waals surface area contributed by atoms with E-state index in [0.717, 1.165) is 10.9 Å². The lowest BCUT2D eigenvalue weighted by atomic mass is 10.1. The molecule has 1 amide bonds. The van der Waals surface area contributed by atoms with Crippen LogP contribution in [0.25, 0.3) is 11.0 Å². The zero-order chi connectivity index (χ0) is 23.9. The number of amides is 1. The van der Waals surface area contributed by atoms with Crippen LogP contribution in [-0.2, 0) is 14.3 Å². The van der Waals surface area contributed by atoms with Crippen molar-refractivity contribution in [1.82, 2.24) is 0 Å². The van der Waals surface area contributed by atoms with E-state index in [2.05, 4.69) is 5.32 Å². The van der Waals surface area contributed by atoms with Gasteiger partial charge in [0.25, 0.3) is 5.91 Å². The number of anilines is 1. The fraction of sp³-hybridized carbons (Fsp3) is 0.115. The minimum absolute atomic E-state index is 0.331. The van der Waals surface area contributed by atoms with Gasteiger partial charge in [0.05, 0.1) is 0 Å². The molecule has 172 valence electrons. The Morgan fingerprint density at radius 1 is 0.853 bits per heavy atom. The number of carbonyl (C=O) groups is 2. The SMILES string of the molecule is Cc1cc(=O)oc2cc(OCC(=O)OCC(=O)Nc3cccc(Oc4ccccc4)c3)ccc12. The third kappa shape index (κ3) is 6.01. The molecule has 0 saturated carbocycles. The van der Waals surface area contributed by atoms with Gasteiger partial charge in [-0.2, -0.15) is 0 Å². The fourth-order valence-electron chi connectivity index (χ4n) is 3.18. The number of hydrogen-bond acceptors (Lipinski definition) is 7. The second-order valence-corrected chi connectivity index (χ2v) is 7.35. The van der Waals surface area contributed by atoms with Crippen LogP contribution in [0.15, 0.2) is 88.1 Å². The largest absolute Gasteiger partial charge is 0.482 e. The molecule has 0 radical (unpaired) electrons. The van der Waals surface area contributed by atoms with Crippen molar-refractivity contribution in [3.8, 4) is 17.2 Å². The molecule has 0 aliphatic carbocycles. The zero-order valence-electron chi connectivity index (χ0n) is 18.3. The molecule has 8 nitrogen and oxygen atoms in total. The highest BCUT2D eigenvalue weighted by molar-refractivity contribution is 5.93. The molecule has 8 heteroatoms. The van der Waals surface area contributed by atoms with E-state index in [4.69, 9.17) is 18.6 Å². The Hall–Kier alpha value is -4.59. The van der Waals surface area contributed by atoms with Gasteiger partial charge in [-0.15, -0.1) is 0 Å². The van der Waals surface area contributed by atoms with E-state index in [1.54, 1.807) is 43.3 Å². The minimum atomic E-state index is -0.720. The summed E-state index contributed by atoms with van der Waals surface area (Å²) in [6.45, 7) is 0.918. The molecule has 0 fully saturated rings. The first-order chi connectivity index (χ1) is 16.5. The predicted octanol–water partition coefficient (Wildman–Crippen LogP) is 4.45. The van der Waals surface area contributed by atoms with E-state index >= 15 is 0 Å². The van der Waals surface area contributed by atoms with Crippen LogP contribution in [0.3, 0.4) is 0 Å². The number of rotatable bonds is 8. The molecule has 1 aromatic heterocycles. The average Bonchev–Trinajstić information content (AvgIpc) is 2.82. The highest BCUT2D eigenvalue weighted by Crippen LogP contribution is 2.24. The lowest BCUT2D eigenvalue weighted by molar-refractivity contribution is -0.149. The molecule has 0 aliphatic rings. The van der Waals surface area contributed by atoms with E-state index in [9.17, 15) is 14.4 Å². The number of benzene rings is 3. The van der Waals surface area contributed by atoms with E-state index in [1.807, 2.05) is 30.3 Å². The monoisotopic (exact) mass is 459 g/mol. The second kappa shape index (κ2) is 10.4. The van der Waals surface area contributed by atoms with Crippen LogP contribution in [0, 0.1) is 6.92 Å². The Kier molecular flexibility index (Phi) is 6.88. The lowest BCUT2D eigenvalue weighted by Gasteiger charge is -2.10. The van der Waals surface area contributed by atoms with Crippen molar-refractivity contribution in [2.75, 3.05) is 18.5 Å². The summed E-state index contributed by atoms with van der Waals surface area (Å²) >= 11 is 0. The molecule has 0 bridgehead atoms. The van der Waals surface area contributed by atoms with Gasteiger partial charge in [0.1, 0.15) is 22.8 Å². The topological polar surface area (TPSA) is 104 Å². The number of carbonyl (C=O) groups excluding carboxylic acids is 2. The Bertz CT molecular complexity index is 1380. The van der Waals surface area contributed by atoms with Crippen molar-refractivity contribution in [2.45, 2.75) is 6.92 Å². The summed E-state index contributed by atoms with van der Waals surface area (Å²) in [6, 6.07) is 22.4. The maximum absolute atomic E-state index is 12.2. The molecule has 4 aromatic rings. The maximum Gasteiger partial charge on any atom is 0.344 e. The number of esters is 1. The third-order valence-electron chi connectivity index (χ3n) is 4.74. The molecule has 1 N–H and O–H groups in total. The highest BCUT2D eigenvalue weighted by atomic mass is 16.6. The molecule has 4 rings (SSSR count). The number of fused-ring (bicyclic) bond motifs is 1. The standard InChI is InChI=1S/C26H21NO7/c1-17-12-25(29)34-23-14-20(10-11-22(17)23)31-16-26(30)32-15-24(28)27-18-6-5-9-21(13-18)33-19-7-3-2-4-8-19/h2-14H,15-16H2,1H3,(H,27,28). The number of para-hydroxylation sites is 1. The van der Waals surface area contributed by atoms with Gasteiger partial charge in [-0.25, -0.2) is 9.59 Å². The first-order valence-electron chi connectivity index (χ1n) is 10.4. The van der Waals surface area contributed by atoms with Crippen LogP contribution in [-0.4, -0.2) is 25.1 Å². The van der Waals surface area contributed by atoms with E-state index in [0.29, 0.717) is 28.5 Å². The van der Waals surface area contributed by atoms with Gasteiger partial charge in [0.2, 0.25) is 0 Å². The number of ether oxygens (including phenoxy) is 3. The highest BCUT2D eigenvalue weighted by Gasteiger charge is 2.11. The van der Waals surface area contributed by atoms with Gasteiger partial charge in [-0.05, 0) is 48.9 Å². The third-order valence-corrected chi connectivity index (χ3v) is 4.74. The zero-order valence-corrected chi connectivity index (χ0v) is 18.3. The second-order valence-electron chi connectivity index (χ2n) is 7.35. The lowest BCUT2D eigenvalue weighted by Crippen LogP contribution is -2.23. The Morgan fingerprint density at radius 2 is 1.65 bits per heavy atom. The van der Waals surface area contributed by atoms with E-state index in [1.165, 1.54) is 12.1 Å². The van der Waals surface area contributed by atoms with E-state index in [-0.39, 0.29) is 0 Å². The number of aryl methyl sites for hydroxylation is 1. The fourth-order valence-corrected chi connectivity index (χ4v) is 3.18. The van der Waals surface area contributed by atoms with Gasteiger partial charge < -0.3 is 23.9 Å². The van der Waals surface area contributed by atoms with Crippen LogP contribution in [0.4, 0.5) is 5.69 Å². The van der Waals surface area contributed by atoms with Crippen LogP contribution in [0.2, 0.25) is 0 Å². The van der Waals surface area contributed by atoms with Crippen molar-refractivity contribution in [3.63, 3.8) is 0 Å². The molecular formula is C26H21NO7. The van der Waals surface area contributed by atoms with Gasteiger partial charge in [-0.3, -0.25) is 4.79 Å². The van der Waals surface area contributed by atoms with Crippen LogP contribution in [0.5, 0.6) is 17.2 Å². The first-order valence-corrected chi connectivity index (χ1v) is 10.4. The van der Waals surface area contributed by atoms with Crippen LogP contribution < -0.4 is 20.4 Å². The molecule has 3 aromatic carbocycles. The molecule has 1 heterocycles. The van der Waals surface area contributed by atoms with Gasteiger partial charge in [-0.1, -0.05) is 24.3 Å². The quantitative estimate of drug-likeness (QED) is 0.307. The van der Waals surface area contributed by atoms with Crippen molar-refractivity contribution < 1.29 is 28.2 Å². The Balaban J connectivity index is 1.26. The molecule has 0 atom stereocenters. The number of hydrogen-bond donors (Lipinski definition) is 1. The summed E-state index contributed by atoms with van der Waals surface area (Å²) in [5, 5.41) is 3.42. The molecule has 0 aliphatic heterocycles. The van der Waals surface area contributed by atoms with Gasteiger partial charge in [0.15, 0.2) is 13.2 Å². The van der Waals surface area contributed by atoms with Crippen molar-refractivity contribution in [2.24, 2.45) is 0 Å². The molecular weight excluding hydrogens is 438 g/mol. The predicted molar refractivity (Wildman–Crippen MR) is 125 cm³/mol. The summed E-state index contributed by atoms with van der Waals surface area (Å²) in [5.74, 6) is 0.326. The van der Waals surface area contributed by atoms with Crippen LogP contribution in [0.1, 0.15) is 5.56 Å². The Morgan fingerprint density at radius 3 is 2.47 bits per heavy atom. The van der Waals surface area contributed by atoms with Crippen LogP contribution >= 0.6 is 0 Å². The normalized spacial score (nSPS) is 10.5. The molecule has 0 saturated heterocycles. The van der Waals surface area contributed by atoms with Crippen molar-refractivity contribution >= 4 is 28.5 Å². The summed E-state index contributed by atoms with van der Waals surface area (Å²) in [6.07, 6.45) is 0. The van der Waals surface area contributed by atoms with E-state index < -0.39 is 30.7 Å². The smallest absolute Gasteiger partial charge is 0.344 e. The maximum atomic E-state index is 12.2. The summed E-state index contributed by atoms with van der Waals surface area (Å²) in [4.78, 5) is 35.7. The van der Waals surface area contributed by atoms with Gasteiger partial charge >= 0.3 is 11.6 Å². The average molecular weight is 459 g/mol.